The number of aliphatic hydroxyl groups is 1. The molecule has 208 valence electrons. The smallest absolute Gasteiger partial charge is 0.422 e. The van der Waals surface area contributed by atoms with Gasteiger partial charge in [-0.2, -0.15) is 13.2 Å². The number of piperidine rings is 1. The molecule has 40 heavy (non-hydrogen) atoms. The second-order valence-corrected chi connectivity index (χ2v) is 10.0. The molecule has 2 aromatic carbocycles. The Balaban J connectivity index is 1.25. The topological polar surface area (TPSA) is 111 Å². The predicted molar refractivity (Wildman–Crippen MR) is 137 cm³/mol. The summed E-state index contributed by atoms with van der Waals surface area (Å²) in [7, 11) is 0. The largest absolute Gasteiger partial charge is 0.462 e. The van der Waals surface area contributed by atoms with Gasteiger partial charge in [0.05, 0.1) is 5.92 Å². The SMILES string of the molecule is O=C(OC[C@@H](O)c1ccc2c(c1)CCc1c-2noc1-c1noc(-c2ccccc2)c1C(F)(F)F)C1CCCNC1. The Kier molecular flexibility index (Phi) is 6.93. The Bertz CT molecular complexity index is 1520. The number of alkyl halides is 3. The molecule has 0 amide bonds. The van der Waals surface area contributed by atoms with Gasteiger partial charge in [-0.1, -0.05) is 58.8 Å². The Morgan fingerprint density at radius 2 is 1.85 bits per heavy atom. The zero-order chi connectivity index (χ0) is 27.9. The van der Waals surface area contributed by atoms with Crippen LogP contribution in [0.1, 0.15) is 41.2 Å². The first-order valence-electron chi connectivity index (χ1n) is 13.1. The van der Waals surface area contributed by atoms with Gasteiger partial charge in [0.15, 0.2) is 17.2 Å². The third-order valence-electron chi connectivity index (χ3n) is 7.44. The van der Waals surface area contributed by atoms with Gasteiger partial charge >= 0.3 is 12.1 Å². The minimum absolute atomic E-state index is 0.0767. The average Bonchev–Trinajstić information content (AvgIpc) is 3.61. The van der Waals surface area contributed by atoms with Crippen LogP contribution in [0.25, 0.3) is 34.0 Å². The number of aliphatic hydroxyl groups excluding tert-OH is 1. The molecule has 2 aromatic heterocycles. The molecule has 2 aliphatic rings. The van der Waals surface area contributed by atoms with Crippen molar-refractivity contribution in [1.29, 1.82) is 0 Å². The molecule has 1 saturated heterocycles. The fourth-order valence-electron chi connectivity index (χ4n) is 5.38. The van der Waals surface area contributed by atoms with E-state index in [4.69, 9.17) is 13.8 Å². The first-order chi connectivity index (χ1) is 19.3. The van der Waals surface area contributed by atoms with E-state index in [0.717, 1.165) is 24.9 Å². The molecule has 0 saturated carbocycles. The van der Waals surface area contributed by atoms with Gasteiger partial charge in [-0.15, -0.1) is 0 Å². The normalized spacial score (nSPS) is 17.6. The summed E-state index contributed by atoms with van der Waals surface area (Å²) in [6.45, 7) is 1.29. The van der Waals surface area contributed by atoms with E-state index < -0.39 is 23.5 Å². The molecule has 1 fully saturated rings. The maximum atomic E-state index is 14.2. The van der Waals surface area contributed by atoms with E-state index in [1.807, 2.05) is 0 Å². The molecule has 8 nitrogen and oxygen atoms in total. The molecule has 1 unspecified atom stereocenters. The van der Waals surface area contributed by atoms with Crippen molar-refractivity contribution in [3.8, 4) is 34.0 Å². The van der Waals surface area contributed by atoms with E-state index in [1.165, 1.54) is 12.1 Å². The number of rotatable bonds is 6. The molecule has 2 atom stereocenters. The highest BCUT2D eigenvalue weighted by molar-refractivity contribution is 5.79. The summed E-state index contributed by atoms with van der Waals surface area (Å²) >= 11 is 0. The van der Waals surface area contributed by atoms with E-state index >= 15 is 0 Å². The summed E-state index contributed by atoms with van der Waals surface area (Å²) in [6.07, 6.45) is -3.25. The van der Waals surface area contributed by atoms with E-state index in [9.17, 15) is 23.1 Å². The number of nitrogens with zero attached hydrogens (tertiary/aromatic N) is 2. The molecule has 1 aliphatic carbocycles. The number of aromatic nitrogens is 2. The molecule has 1 aliphatic heterocycles. The van der Waals surface area contributed by atoms with Crippen LogP contribution in [0.2, 0.25) is 0 Å². The van der Waals surface area contributed by atoms with Crippen LogP contribution >= 0.6 is 0 Å². The van der Waals surface area contributed by atoms with Gasteiger partial charge in [0.1, 0.15) is 24.0 Å². The number of ether oxygens (including phenoxy) is 1. The fraction of sp³-hybridized carbons (Fsp3) is 0.345. The Morgan fingerprint density at radius 1 is 1.07 bits per heavy atom. The number of hydrogen-bond acceptors (Lipinski definition) is 8. The number of nitrogens with one attached hydrogen (secondary N) is 1. The van der Waals surface area contributed by atoms with Gasteiger partial charge in [0, 0.05) is 23.2 Å². The van der Waals surface area contributed by atoms with Crippen molar-refractivity contribution in [1.82, 2.24) is 15.6 Å². The molecular weight excluding hydrogens is 527 g/mol. The van der Waals surface area contributed by atoms with Gasteiger partial charge in [-0.25, -0.2) is 0 Å². The third-order valence-corrected chi connectivity index (χ3v) is 7.44. The third kappa shape index (κ3) is 4.90. The lowest BCUT2D eigenvalue weighted by molar-refractivity contribution is -0.152. The van der Waals surface area contributed by atoms with Crippen LogP contribution in [0.5, 0.6) is 0 Å². The Morgan fingerprint density at radius 3 is 2.60 bits per heavy atom. The highest BCUT2D eigenvalue weighted by atomic mass is 19.4. The van der Waals surface area contributed by atoms with Crippen molar-refractivity contribution in [2.75, 3.05) is 19.7 Å². The summed E-state index contributed by atoms with van der Waals surface area (Å²) in [4.78, 5) is 12.3. The number of esters is 1. The second-order valence-electron chi connectivity index (χ2n) is 10.0. The predicted octanol–water partition coefficient (Wildman–Crippen LogP) is 5.36. The van der Waals surface area contributed by atoms with Crippen molar-refractivity contribution in [3.63, 3.8) is 0 Å². The quantitative estimate of drug-likeness (QED) is 0.307. The van der Waals surface area contributed by atoms with Crippen molar-refractivity contribution in [3.05, 3.63) is 70.8 Å². The van der Waals surface area contributed by atoms with Crippen LogP contribution < -0.4 is 5.32 Å². The maximum Gasteiger partial charge on any atom is 0.422 e. The number of benzene rings is 2. The maximum absolute atomic E-state index is 14.2. The zero-order valence-electron chi connectivity index (χ0n) is 21.3. The van der Waals surface area contributed by atoms with Crippen molar-refractivity contribution >= 4 is 5.97 Å². The van der Waals surface area contributed by atoms with Gasteiger partial charge in [-0.05, 0) is 43.4 Å². The molecule has 3 heterocycles. The van der Waals surface area contributed by atoms with Crippen LogP contribution in [-0.4, -0.2) is 41.1 Å². The van der Waals surface area contributed by atoms with Crippen molar-refractivity contribution < 1.29 is 36.9 Å². The van der Waals surface area contributed by atoms with Crippen LogP contribution in [0.15, 0.2) is 57.6 Å². The summed E-state index contributed by atoms with van der Waals surface area (Å²) in [5, 5.41) is 21.7. The first kappa shape index (κ1) is 26.3. The highest BCUT2D eigenvalue weighted by Crippen LogP contribution is 2.46. The van der Waals surface area contributed by atoms with Gasteiger partial charge in [-0.3, -0.25) is 4.79 Å². The van der Waals surface area contributed by atoms with Crippen molar-refractivity contribution in [2.45, 2.75) is 38.0 Å². The van der Waals surface area contributed by atoms with Crippen molar-refractivity contribution in [2.24, 2.45) is 5.92 Å². The average molecular weight is 554 g/mol. The monoisotopic (exact) mass is 553 g/mol. The molecule has 0 bridgehead atoms. The number of halogens is 3. The minimum Gasteiger partial charge on any atom is -0.462 e. The molecule has 0 radical (unpaired) electrons. The lowest BCUT2D eigenvalue weighted by Gasteiger charge is -2.22. The van der Waals surface area contributed by atoms with E-state index in [2.05, 4.69) is 15.6 Å². The number of carbonyl (C=O) groups is 1. The highest BCUT2D eigenvalue weighted by Gasteiger charge is 2.43. The Labute approximate surface area is 227 Å². The molecule has 11 heteroatoms. The van der Waals surface area contributed by atoms with Crippen LogP contribution in [0.3, 0.4) is 0 Å². The van der Waals surface area contributed by atoms with E-state index in [1.54, 1.807) is 36.4 Å². The van der Waals surface area contributed by atoms with Crippen LogP contribution in [-0.2, 0) is 28.5 Å². The second kappa shape index (κ2) is 10.5. The van der Waals surface area contributed by atoms with E-state index in [0.29, 0.717) is 41.8 Å². The number of hydrogen-bond donors (Lipinski definition) is 2. The summed E-state index contributed by atoms with van der Waals surface area (Å²) in [6, 6.07) is 13.2. The number of aryl methyl sites for hydroxylation is 1. The van der Waals surface area contributed by atoms with Gasteiger partial charge in [0.25, 0.3) is 0 Å². The summed E-state index contributed by atoms with van der Waals surface area (Å²) < 4.78 is 58.6. The molecule has 4 aromatic rings. The van der Waals surface area contributed by atoms with Crippen LogP contribution in [0.4, 0.5) is 13.2 Å². The summed E-state index contributed by atoms with van der Waals surface area (Å²) in [5.74, 6) is -1.00. The first-order valence-corrected chi connectivity index (χ1v) is 13.1. The lowest BCUT2D eigenvalue weighted by atomic mass is 9.86. The molecule has 2 N–H and O–H groups in total. The minimum atomic E-state index is -4.74. The zero-order valence-corrected chi connectivity index (χ0v) is 21.3. The molecule has 6 rings (SSSR count). The van der Waals surface area contributed by atoms with Gasteiger partial charge in [0.2, 0.25) is 0 Å². The van der Waals surface area contributed by atoms with E-state index in [-0.39, 0.29) is 35.6 Å². The molecular formula is C29H26F3N3O5. The lowest BCUT2D eigenvalue weighted by Crippen LogP contribution is -2.35. The van der Waals surface area contributed by atoms with Gasteiger partial charge < -0.3 is 24.2 Å². The Hall–Kier alpha value is -3.96. The number of carbonyl (C=O) groups excluding carboxylic acids is 1. The fourth-order valence-corrected chi connectivity index (χ4v) is 5.38. The summed E-state index contributed by atoms with van der Waals surface area (Å²) in [5.41, 5.74) is 1.85. The molecule has 0 spiro atoms. The number of fused-ring (bicyclic) bond motifs is 3. The standard InChI is InChI=1S/C29H26F3N3O5/c30-29(31,32)23-25(35-39-26(23)16-5-2-1-3-6-16)27-21-11-8-17-13-18(9-10-20(17)24(21)34-40-27)22(36)15-38-28(37)19-7-4-12-33-14-19/h1-3,5-6,9-10,13,19,22,33,36H,4,7-8,11-12,14-15H2/t19?,22-/m1/s1. The van der Waals surface area contributed by atoms with Crippen LogP contribution in [0, 0.1) is 5.92 Å².